The van der Waals surface area contributed by atoms with Crippen molar-refractivity contribution in [1.29, 1.82) is 0 Å². The Hall–Kier alpha value is -0.650. The van der Waals surface area contributed by atoms with Crippen LogP contribution in [-0.4, -0.2) is 31.9 Å². The zero-order valence-electron chi connectivity index (χ0n) is 9.27. The van der Waals surface area contributed by atoms with E-state index in [-0.39, 0.29) is 12.3 Å². The number of methoxy groups -OCH3 is 1. The number of esters is 1. The Morgan fingerprint density at radius 3 is 1.93 bits per heavy atom. The summed E-state index contributed by atoms with van der Waals surface area (Å²) < 4.78 is 20.0. The third-order valence-corrected chi connectivity index (χ3v) is 1.43. The number of carbonyl (C=O) groups excluding carboxylic acids is 1. The molecule has 0 aromatic carbocycles. The SMILES string of the molecule is COC(C)OC(C)OC(C)OC(C)=O. The van der Waals surface area contributed by atoms with Gasteiger partial charge in [-0.05, 0) is 20.8 Å². The van der Waals surface area contributed by atoms with E-state index >= 15 is 0 Å². The highest BCUT2D eigenvalue weighted by molar-refractivity contribution is 5.65. The van der Waals surface area contributed by atoms with Crippen molar-refractivity contribution in [3.8, 4) is 0 Å². The van der Waals surface area contributed by atoms with Crippen LogP contribution < -0.4 is 0 Å². The third-order valence-electron chi connectivity index (χ3n) is 1.43. The zero-order valence-corrected chi connectivity index (χ0v) is 9.27. The zero-order chi connectivity index (χ0) is 11.1. The molecule has 3 atom stereocenters. The van der Waals surface area contributed by atoms with Gasteiger partial charge in [-0.1, -0.05) is 0 Å². The van der Waals surface area contributed by atoms with E-state index in [4.69, 9.17) is 18.9 Å². The average molecular weight is 206 g/mol. The quantitative estimate of drug-likeness (QED) is 0.484. The van der Waals surface area contributed by atoms with Crippen molar-refractivity contribution in [2.24, 2.45) is 0 Å². The van der Waals surface area contributed by atoms with E-state index in [2.05, 4.69) is 0 Å². The van der Waals surface area contributed by atoms with Crippen LogP contribution in [0.4, 0.5) is 0 Å². The van der Waals surface area contributed by atoms with Crippen molar-refractivity contribution in [2.45, 2.75) is 46.6 Å². The Morgan fingerprint density at radius 1 is 1.00 bits per heavy atom. The summed E-state index contributed by atoms with van der Waals surface area (Å²) in [4.78, 5) is 10.5. The van der Waals surface area contributed by atoms with Gasteiger partial charge >= 0.3 is 5.97 Å². The van der Waals surface area contributed by atoms with Crippen molar-refractivity contribution < 1.29 is 23.7 Å². The standard InChI is InChI=1S/C9H18O5/c1-6(10)12-8(3)14-9(4)13-7(2)11-5/h7-9H,1-5H3. The van der Waals surface area contributed by atoms with E-state index in [0.29, 0.717) is 0 Å². The van der Waals surface area contributed by atoms with Crippen LogP contribution >= 0.6 is 0 Å². The molecule has 0 aromatic rings. The van der Waals surface area contributed by atoms with E-state index in [0.717, 1.165) is 0 Å². The maximum atomic E-state index is 10.5. The number of hydrogen-bond donors (Lipinski definition) is 0. The minimum atomic E-state index is -0.619. The molecule has 0 aliphatic heterocycles. The van der Waals surface area contributed by atoms with E-state index < -0.39 is 12.6 Å². The van der Waals surface area contributed by atoms with Crippen LogP contribution in [0.25, 0.3) is 0 Å². The topological polar surface area (TPSA) is 54.0 Å². The Kier molecular flexibility index (Phi) is 6.44. The highest BCUT2D eigenvalue weighted by Crippen LogP contribution is 2.04. The second kappa shape index (κ2) is 6.75. The van der Waals surface area contributed by atoms with Gasteiger partial charge in [-0.25, -0.2) is 0 Å². The number of carbonyl (C=O) groups is 1. The lowest BCUT2D eigenvalue weighted by Crippen LogP contribution is -2.27. The monoisotopic (exact) mass is 206 g/mol. The van der Waals surface area contributed by atoms with Crippen molar-refractivity contribution in [1.82, 2.24) is 0 Å². The minimum Gasteiger partial charge on any atom is -0.436 e. The van der Waals surface area contributed by atoms with Crippen LogP contribution in [0.3, 0.4) is 0 Å². The van der Waals surface area contributed by atoms with Crippen LogP contribution in [-0.2, 0) is 23.7 Å². The molecule has 0 spiro atoms. The molecule has 0 heterocycles. The molecule has 0 aliphatic rings. The van der Waals surface area contributed by atoms with Crippen LogP contribution in [0.1, 0.15) is 27.7 Å². The van der Waals surface area contributed by atoms with Crippen molar-refractivity contribution in [3.63, 3.8) is 0 Å². The van der Waals surface area contributed by atoms with E-state index in [1.54, 1.807) is 20.8 Å². The summed E-state index contributed by atoms with van der Waals surface area (Å²) >= 11 is 0. The van der Waals surface area contributed by atoms with E-state index in [1.165, 1.54) is 14.0 Å². The van der Waals surface area contributed by atoms with Crippen molar-refractivity contribution in [2.75, 3.05) is 7.11 Å². The largest absolute Gasteiger partial charge is 0.436 e. The maximum absolute atomic E-state index is 10.5. The Labute approximate surface area is 84.3 Å². The van der Waals surface area contributed by atoms with Gasteiger partial charge in [0.15, 0.2) is 12.6 Å². The van der Waals surface area contributed by atoms with Crippen LogP contribution in [0.5, 0.6) is 0 Å². The van der Waals surface area contributed by atoms with Crippen LogP contribution in [0, 0.1) is 0 Å². The predicted molar refractivity (Wildman–Crippen MR) is 49.3 cm³/mol. The molecular formula is C9H18O5. The highest BCUT2D eigenvalue weighted by Gasteiger charge is 2.13. The second-order valence-electron chi connectivity index (χ2n) is 2.82. The molecule has 0 saturated heterocycles. The molecule has 0 saturated carbocycles. The molecule has 0 aliphatic carbocycles. The van der Waals surface area contributed by atoms with Gasteiger partial charge in [0, 0.05) is 14.0 Å². The van der Waals surface area contributed by atoms with Gasteiger partial charge in [-0.3, -0.25) is 4.79 Å². The number of hydrogen-bond acceptors (Lipinski definition) is 5. The van der Waals surface area contributed by atoms with E-state index in [1.807, 2.05) is 0 Å². The Bertz CT molecular complexity index is 171. The molecule has 14 heavy (non-hydrogen) atoms. The van der Waals surface area contributed by atoms with Gasteiger partial charge in [-0.2, -0.15) is 0 Å². The fourth-order valence-electron chi connectivity index (χ4n) is 0.889. The number of ether oxygens (including phenoxy) is 4. The van der Waals surface area contributed by atoms with Gasteiger partial charge in [0.2, 0.25) is 6.29 Å². The first kappa shape index (κ1) is 13.4. The lowest BCUT2D eigenvalue weighted by Gasteiger charge is -2.21. The minimum absolute atomic E-state index is 0.352. The van der Waals surface area contributed by atoms with Crippen LogP contribution in [0.2, 0.25) is 0 Å². The summed E-state index contributed by atoms with van der Waals surface area (Å²) in [6.45, 7) is 6.40. The summed E-state index contributed by atoms with van der Waals surface area (Å²) in [6.07, 6.45) is -1.46. The van der Waals surface area contributed by atoms with Gasteiger partial charge in [0.1, 0.15) is 0 Å². The highest BCUT2D eigenvalue weighted by atomic mass is 16.8. The third kappa shape index (κ3) is 6.82. The summed E-state index contributed by atoms with van der Waals surface area (Å²) in [5.74, 6) is -0.385. The average Bonchev–Trinajstić information content (AvgIpc) is 2.01. The Morgan fingerprint density at radius 2 is 1.50 bits per heavy atom. The van der Waals surface area contributed by atoms with E-state index in [9.17, 15) is 4.79 Å². The van der Waals surface area contributed by atoms with Gasteiger partial charge in [0.25, 0.3) is 0 Å². The predicted octanol–water partition coefficient (Wildman–Crippen LogP) is 1.27. The molecule has 0 aromatic heterocycles. The van der Waals surface area contributed by atoms with Gasteiger partial charge in [0.05, 0.1) is 0 Å². The molecule has 0 bridgehead atoms. The second-order valence-corrected chi connectivity index (χ2v) is 2.82. The first-order chi connectivity index (χ1) is 6.45. The summed E-state index contributed by atoms with van der Waals surface area (Å²) in [5.41, 5.74) is 0. The van der Waals surface area contributed by atoms with Crippen molar-refractivity contribution in [3.05, 3.63) is 0 Å². The van der Waals surface area contributed by atoms with Gasteiger partial charge in [-0.15, -0.1) is 0 Å². The smallest absolute Gasteiger partial charge is 0.304 e. The van der Waals surface area contributed by atoms with Crippen LogP contribution in [0.15, 0.2) is 0 Å². The lowest BCUT2D eigenvalue weighted by molar-refractivity contribution is -0.269. The summed E-state index contributed by atoms with van der Waals surface area (Å²) in [7, 11) is 1.53. The molecule has 0 fully saturated rings. The fraction of sp³-hybridized carbons (Fsp3) is 0.889. The molecule has 0 N–H and O–H groups in total. The Balaban J connectivity index is 3.70. The fourth-order valence-corrected chi connectivity index (χ4v) is 0.889. The molecule has 0 radical (unpaired) electrons. The normalized spacial score (nSPS) is 17.2. The first-order valence-corrected chi connectivity index (χ1v) is 4.46. The van der Waals surface area contributed by atoms with Crippen molar-refractivity contribution >= 4 is 5.97 Å². The molecule has 3 unspecified atom stereocenters. The lowest BCUT2D eigenvalue weighted by atomic mass is 10.6. The molecule has 5 nitrogen and oxygen atoms in total. The maximum Gasteiger partial charge on any atom is 0.304 e. The molecule has 0 amide bonds. The molecule has 0 rings (SSSR count). The summed E-state index contributed by atoms with van der Waals surface area (Å²) in [6, 6.07) is 0. The summed E-state index contributed by atoms with van der Waals surface area (Å²) in [5, 5.41) is 0. The van der Waals surface area contributed by atoms with Gasteiger partial charge < -0.3 is 18.9 Å². The first-order valence-electron chi connectivity index (χ1n) is 4.46. The molecule has 5 heteroatoms. The molecule has 84 valence electrons. The number of rotatable bonds is 6. The molecular weight excluding hydrogens is 188 g/mol.